The number of fused-ring (bicyclic) bond motifs is 2. The fourth-order valence-corrected chi connectivity index (χ4v) is 6.02. The number of hydrogen-bond donors (Lipinski definition) is 1. The average molecular weight is 494 g/mol. The molecule has 0 amide bonds. The van der Waals surface area contributed by atoms with Crippen molar-refractivity contribution in [2.45, 2.75) is 38.9 Å². The molecule has 186 valence electrons. The fourth-order valence-electron chi connectivity index (χ4n) is 6.02. The predicted octanol–water partition coefficient (Wildman–Crippen LogP) is 4.60. The van der Waals surface area contributed by atoms with Crippen molar-refractivity contribution in [3.05, 3.63) is 59.2 Å². The number of alkyl halides is 3. The summed E-state index contributed by atoms with van der Waals surface area (Å²) >= 11 is 0. The minimum absolute atomic E-state index is 0.142. The summed E-state index contributed by atoms with van der Waals surface area (Å²) in [7, 11) is 0. The van der Waals surface area contributed by atoms with Crippen LogP contribution in [0.15, 0.2) is 36.8 Å². The third kappa shape index (κ3) is 4.07. The lowest BCUT2D eigenvalue weighted by Gasteiger charge is -2.25. The number of benzene rings is 1. The molecule has 4 aromatic rings. The first kappa shape index (κ1) is 22.9. The molecule has 1 N–H and O–H groups in total. The first-order valence-electron chi connectivity index (χ1n) is 12.1. The van der Waals surface area contributed by atoms with Gasteiger partial charge in [-0.3, -0.25) is 4.90 Å². The van der Waals surface area contributed by atoms with Crippen LogP contribution >= 0.6 is 0 Å². The van der Waals surface area contributed by atoms with E-state index in [0.717, 1.165) is 56.5 Å². The first-order valence-corrected chi connectivity index (χ1v) is 12.1. The van der Waals surface area contributed by atoms with E-state index in [1.807, 2.05) is 12.1 Å². The molecule has 3 aromatic heterocycles. The van der Waals surface area contributed by atoms with E-state index in [4.69, 9.17) is 0 Å². The normalized spacial score (nSPS) is 20.8. The first-order chi connectivity index (χ1) is 17.2. The zero-order valence-corrected chi connectivity index (χ0v) is 19.9. The zero-order valence-electron chi connectivity index (χ0n) is 19.9. The molecule has 1 spiro atoms. The van der Waals surface area contributed by atoms with Crippen molar-refractivity contribution < 1.29 is 13.2 Å². The van der Waals surface area contributed by atoms with E-state index in [2.05, 4.69) is 43.9 Å². The Balaban J connectivity index is 1.18. The summed E-state index contributed by atoms with van der Waals surface area (Å²) in [6.45, 7) is 6.60. The van der Waals surface area contributed by atoms with E-state index in [1.165, 1.54) is 28.2 Å². The van der Waals surface area contributed by atoms with Gasteiger partial charge in [-0.05, 0) is 61.2 Å². The maximum absolute atomic E-state index is 12.9. The largest absolute Gasteiger partial charge is 0.393 e. The topological polar surface area (TPSA) is 76.2 Å². The van der Waals surface area contributed by atoms with Crippen molar-refractivity contribution in [2.24, 2.45) is 5.41 Å². The Morgan fingerprint density at radius 2 is 2.00 bits per heavy atom. The number of nitrogens with one attached hydrogen (secondary N) is 1. The predicted molar refractivity (Wildman–Crippen MR) is 130 cm³/mol. The van der Waals surface area contributed by atoms with Gasteiger partial charge in [0.1, 0.15) is 23.6 Å². The van der Waals surface area contributed by atoms with Crippen molar-refractivity contribution in [1.82, 2.24) is 24.5 Å². The van der Waals surface area contributed by atoms with Crippen LogP contribution in [0.1, 0.15) is 35.2 Å². The number of likely N-dealkylation sites (tertiary alicyclic amines) is 1. The molecule has 0 aliphatic carbocycles. The van der Waals surface area contributed by atoms with Crippen LogP contribution in [0.25, 0.3) is 16.4 Å². The lowest BCUT2D eigenvalue weighted by atomic mass is 9.86. The fraction of sp³-hybridized carbons (Fsp3) is 0.423. The highest BCUT2D eigenvalue weighted by molar-refractivity contribution is 5.85. The number of halogens is 3. The van der Waals surface area contributed by atoms with Crippen molar-refractivity contribution in [3.8, 4) is 6.07 Å². The maximum atomic E-state index is 12.9. The lowest BCUT2D eigenvalue weighted by Crippen LogP contribution is -2.31. The van der Waals surface area contributed by atoms with Crippen LogP contribution in [-0.2, 0) is 13.0 Å². The van der Waals surface area contributed by atoms with Gasteiger partial charge in [-0.1, -0.05) is 6.07 Å². The molecule has 2 aliphatic rings. The Kier molecular flexibility index (Phi) is 5.23. The van der Waals surface area contributed by atoms with Gasteiger partial charge < -0.3 is 9.88 Å². The Hall–Kier alpha value is -3.58. The minimum Gasteiger partial charge on any atom is -0.354 e. The summed E-state index contributed by atoms with van der Waals surface area (Å²) in [5.41, 5.74) is 4.98. The molecule has 0 radical (unpaired) electrons. The second-order valence-electron chi connectivity index (χ2n) is 10.3. The van der Waals surface area contributed by atoms with Crippen molar-refractivity contribution in [3.63, 3.8) is 0 Å². The van der Waals surface area contributed by atoms with E-state index < -0.39 is 12.6 Å². The van der Waals surface area contributed by atoms with E-state index in [-0.39, 0.29) is 11.0 Å². The van der Waals surface area contributed by atoms with Gasteiger partial charge in [-0.2, -0.15) is 23.5 Å². The number of nitriles is 1. The summed E-state index contributed by atoms with van der Waals surface area (Å²) in [5, 5.41) is 14.4. The van der Waals surface area contributed by atoms with Gasteiger partial charge in [0.05, 0.1) is 6.42 Å². The van der Waals surface area contributed by atoms with Crippen LogP contribution in [0.5, 0.6) is 0 Å². The molecule has 1 atom stereocenters. The van der Waals surface area contributed by atoms with Gasteiger partial charge in [0.2, 0.25) is 0 Å². The molecule has 0 saturated carbocycles. The third-order valence-electron chi connectivity index (χ3n) is 7.80. The standard InChI is InChI=1S/C26H26F3N7/c1-17-19(2-3-22-21(17)9-20(11-30)33-22)13-34-6-4-25(14-34)5-7-35(15-25)24-23-8-18(10-26(27,28)29)12-36(23)32-16-31-24/h2-3,8-9,12,16,33H,4-7,10,13-15H2,1H3. The van der Waals surface area contributed by atoms with E-state index in [0.29, 0.717) is 17.0 Å². The Morgan fingerprint density at radius 3 is 2.81 bits per heavy atom. The summed E-state index contributed by atoms with van der Waals surface area (Å²) in [6.07, 6.45) is -0.262. The highest BCUT2D eigenvalue weighted by Crippen LogP contribution is 2.42. The number of aryl methyl sites for hydroxylation is 1. The Labute approximate surface area is 206 Å². The van der Waals surface area contributed by atoms with Crippen LogP contribution in [0.3, 0.4) is 0 Å². The molecule has 10 heteroatoms. The number of hydrogen-bond acceptors (Lipinski definition) is 5. The van der Waals surface area contributed by atoms with Gasteiger partial charge in [-0.15, -0.1) is 0 Å². The summed E-state index contributed by atoms with van der Waals surface area (Å²) in [6, 6.07) is 9.85. The van der Waals surface area contributed by atoms with Crippen LogP contribution in [0.2, 0.25) is 0 Å². The SMILES string of the molecule is Cc1c(CN2CCC3(CCN(c4ncnn5cc(CC(F)(F)F)cc45)C3)C2)ccc2[nH]c(C#N)cc12. The number of aromatic nitrogens is 4. The van der Waals surface area contributed by atoms with Crippen molar-refractivity contribution in [2.75, 3.05) is 31.1 Å². The van der Waals surface area contributed by atoms with Crippen molar-refractivity contribution >= 4 is 22.2 Å². The molecule has 2 fully saturated rings. The molecule has 36 heavy (non-hydrogen) atoms. The number of nitrogens with zero attached hydrogens (tertiary/aromatic N) is 6. The summed E-state index contributed by atoms with van der Waals surface area (Å²) in [5.74, 6) is 0.704. The van der Waals surface area contributed by atoms with Gasteiger partial charge in [0, 0.05) is 48.7 Å². The molecule has 7 nitrogen and oxygen atoms in total. The third-order valence-corrected chi connectivity index (χ3v) is 7.80. The number of rotatable bonds is 4. The van der Waals surface area contributed by atoms with Crippen LogP contribution in [-0.4, -0.2) is 56.8 Å². The maximum Gasteiger partial charge on any atom is 0.393 e. The van der Waals surface area contributed by atoms with Crippen molar-refractivity contribution in [1.29, 1.82) is 5.26 Å². The highest BCUT2D eigenvalue weighted by atomic mass is 19.4. The summed E-state index contributed by atoms with van der Waals surface area (Å²) < 4.78 is 40.2. The molecule has 0 bridgehead atoms. The molecule has 1 unspecified atom stereocenters. The van der Waals surface area contributed by atoms with Gasteiger partial charge >= 0.3 is 6.18 Å². The van der Waals surface area contributed by atoms with Gasteiger partial charge in [-0.25, -0.2) is 9.50 Å². The van der Waals surface area contributed by atoms with E-state index in [1.54, 1.807) is 6.07 Å². The average Bonchev–Trinajstić information content (AvgIpc) is 3.60. The molecular weight excluding hydrogens is 467 g/mol. The molecule has 2 aliphatic heterocycles. The van der Waals surface area contributed by atoms with E-state index >= 15 is 0 Å². The number of H-pyrrole nitrogens is 1. The smallest absolute Gasteiger partial charge is 0.354 e. The number of anilines is 1. The van der Waals surface area contributed by atoms with Crippen LogP contribution in [0.4, 0.5) is 19.0 Å². The molecule has 2 saturated heterocycles. The zero-order chi connectivity index (χ0) is 25.1. The quantitative estimate of drug-likeness (QED) is 0.450. The van der Waals surface area contributed by atoms with E-state index in [9.17, 15) is 18.4 Å². The van der Waals surface area contributed by atoms with Gasteiger partial charge in [0.25, 0.3) is 0 Å². The number of aromatic amines is 1. The van der Waals surface area contributed by atoms with Crippen LogP contribution in [0, 0.1) is 23.7 Å². The second kappa shape index (κ2) is 8.23. The monoisotopic (exact) mass is 493 g/mol. The molecule has 6 rings (SSSR count). The Bertz CT molecular complexity index is 1500. The van der Waals surface area contributed by atoms with Gasteiger partial charge in [0.15, 0.2) is 5.82 Å². The van der Waals surface area contributed by atoms with Crippen LogP contribution < -0.4 is 4.90 Å². The Morgan fingerprint density at radius 1 is 1.17 bits per heavy atom. The molecule has 5 heterocycles. The molecule has 1 aromatic carbocycles. The second-order valence-corrected chi connectivity index (χ2v) is 10.3. The summed E-state index contributed by atoms with van der Waals surface area (Å²) in [4.78, 5) is 12.3. The lowest BCUT2D eigenvalue weighted by molar-refractivity contribution is -0.127. The minimum atomic E-state index is -4.26. The highest BCUT2D eigenvalue weighted by Gasteiger charge is 2.44. The molecular formula is C26H26F3N7.